The zero-order valence-corrected chi connectivity index (χ0v) is 16.8. The average Bonchev–Trinajstić information content (AvgIpc) is 2.79. The lowest BCUT2D eigenvalue weighted by atomic mass is 9.92. The number of fused-ring (bicyclic) bond motifs is 2. The van der Waals surface area contributed by atoms with Gasteiger partial charge >= 0.3 is 0 Å². The molecule has 1 N–H and O–H groups in total. The van der Waals surface area contributed by atoms with E-state index >= 15 is 0 Å². The second kappa shape index (κ2) is 7.30. The fourth-order valence-electron chi connectivity index (χ4n) is 3.38. The minimum Gasteiger partial charge on any atom is -0.284 e. The molecular weight excluding hydrogens is 390 g/mol. The molecule has 0 amide bonds. The fraction of sp³-hybridized carbons (Fsp3) is 0.0435. The van der Waals surface area contributed by atoms with Crippen LogP contribution in [0.2, 0.25) is 5.02 Å². The van der Waals surface area contributed by atoms with Crippen molar-refractivity contribution in [2.24, 2.45) is 0 Å². The van der Waals surface area contributed by atoms with Crippen LogP contribution in [0.4, 0.5) is 5.69 Å². The maximum absolute atomic E-state index is 11.6. The minimum atomic E-state index is -3.33. The molecule has 0 aromatic heterocycles. The van der Waals surface area contributed by atoms with Gasteiger partial charge in [-0.15, -0.1) is 0 Å². The zero-order valence-electron chi connectivity index (χ0n) is 15.2. The molecule has 0 heterocycles. The van der Waals surface area contributed by atoms with Crippen molar-refractivity contribution in [3.63, 3.8) is 0 Å². The predicted molar refractivity (Wildman–Crippen MR) is 119 cm³/mol. The van der Waals surface area contributed by atoms with Crippen molar-refractivity contribution in [2.45, 2.75) is 0 Å². The van der Waals surface area contributed by atoms with E-state index in [1.165, 1.54) is 0 Å². The molecule has 140 valence electrons. The van der Waals surface area contributed by atoms with E-state index in [0.717, 1.165) is 39.6 Å². The lowest BCUT2D eigenvalue weighted by Crippen LogP contribution is -2.09. The van der Waals surface area contributed by atoms with E-state index in [0.29, 0.717) is 10.7 Å². The third-order valence-corrected chi connectivity index (χ3v) is 5.46. The summed E-state index contributed by atoms with van der Waals surface area (Å²) in [5.41, 5.74) is 6.67. The van der Waals surface area contributed by atoms with Crippen LogP contribution in [0.5, 0.6) is 0 Å². The summed E-state index contributed by atoms with van der Waals surface area (Å²) >= 11 is 6.47. The molecule has 0 saturated carbocycles. The molecule has 0 fully saturated rings. The molecule has 3 aromatic rings. The van der Waals surface area contributed by atoms with Crippen molar-refractivity contribution in [3.05, 3.63) is 99.6 Å². The van der Waals surface area contributed by atoms with Crippen molar-refractivity contribution in [2.75, 3.05) is 11.0 Å². The van der Waals surface area contributed by atoms with Crippen LogP contribution in [-0.4, -0.2) is 14.7 Å². The smallest absolute Gasteiger partial charge is 0.229 e. The Balaban J connectivity index is 1.91. The molecule has 28 heavy (non-hydrogen) atoms. The molecule has 1 aliphatic rings. The molecule has 5 heteroatoms. The normalized spacial score (nSPS) is 14.3. The van der Waals surface area contributed by atoms with Crippen molar-refractivity contribution < 1.29 is 8.42 Å². The summed E-state index contributed by atoms with van der Waals surface area (Å²) in [6.07, 6.45) is 7.32. The lowest BCUT2D eigenvalue weighted by Gasteiger charge is -2.13. The minimum absolute atomic E-state index is 0.531. The summed E-state index contributed by atoms with van der Waals surface area (Å²) in [5.74, 6) is 0. The number of benzene rings is 3. The van der Waals surface area contributed by atoms with Gasteiger partial charge in [-0.2, -0.15) is 0 Å². The first kappa shape index (κ1) is 18.5. The Hall–Kier alpha value is -2.82. The Morgan fingerprint density at radius 2 is 1.64 bits per heavy atom. The second-order valence-corrected chi connectivity index (χ2v) is 8.84. The first-order chi connectivity index (χ1) is 13.4. The molecule has 1 aliphatic carbocycles. The standard InChI is InChI=1S/C23H18ClNO2S/c1-28(26,27)25-18-8-4-6-16(14-18)15-22-19-9-3-2-7-17(19)12-13-21-20(22)10-5-11-23(21)24/h2-15,25H,1H3. The molecule has 0 spiro atoms. The lowest BCUT2D eigenvalue weighted by molar-refractivity contribution is 0.607. The number of nitrogens with one attached hydrogen (secondary N) is 1. The summed E-state index contributed by atoms with van der Waals surface area (Å²) in [4.78, 5) is 0. The highest BCUT2D eigenvalue weighted by atomic mass is 35.5. The Kier molecular flexibility index (Phi) is 4.84. The SMILES string of the molecule is CS(=O)(=O)Nc1cccc(C=C2c3ccccc3C=Cc3c(Cl)cccc32)c1. The molecule has 4 rings (SSSR count). The third kappa shape index (κ3) is 3.88. The molecule has 0 unspecified atom stereocenters. The second-order valence-electron chi connectivity index (χ2n) is 6.68. The Bertz CT molecular complexity index is 1230. The Morgan fingerprint density at radius 3 is 2.46 bits per heavy atom. The first-order valence-corrected chi connectivity index (χ1v) is 11.0. The van der Waals surface area contributed by atoms with Crippen LogP contribution in [0.25, 0.3) is 23.8 Å². The maximum atomic E-state index is 11.6. The van der Waals surface area contributed by atoms with Crippen LogP contribution in [0.3, 0.4) is 0 Å². The maximum Gasteiger partial charge on any atom is 0.229 e. The molecule has 0 atom stereocenters. The molecule has 0 radical (unpaired) electrons. The van der Waals surface area contributed by atoms with Gasteiger partial charge in [0.25, 0.3) is 0 Å². The highest BCUT2D eigenvalue weighted by Gasteiger charge is 2.16. The molecule has 0 saturated heterocycles. The topological polar surface area (TPSA) is 46.2 Å². The van der Waals surface area contributed by atoms with Gasteiger partial charge < -0.3 is 0 Å². The van der Waals surface area contributed by atoms with Crippen LogP contribution >= 0.6 is 11.6 Å². The fourth-order valence-corrected chi connectivity index (χ4v) is 4.17. The molecular formula is C23H18ClNO2S. The van der Waals surface area contributed by atoms with Crippen LogP contribution in [-0.2, 0) is 10.0 Å². The van der Waals surface area contributed by atoms with E-state index in [-0.39, 0.29) is 0 Å². The molecule has 3 nitrogen and oxygen atoms in total. The summed E-state index contributed by atoms with van der Waals surface area (Å²) < 4.78 is 25.7. The van der Waals surface area contributed by atoms with Crippen molar-refractivity contribution in [1.82, 2.24) is 0 Å². The van der Waals surface area contributed by atoms with E-state index in [1.807, 2.05) is 48.5 Å². The number of hydrogen-bond acceptors (Lipinski definition) is 2. The van der Waals surface area contributed by atoms with Gasteiger partial charge in [0.1, 0.15) is 0 Å². The van der Waals surface area contributed by atoms with Gasteiger partial charge in [0.15, 0.2) is 0 Å². The van der Waals surface area contributed by atoms with Gasteiger partial charge in [-0.05, 0) is 52.1 Å². The molecule has 0 bridgehead atoms. The van der Waals surface area contributed by atoms with Crippen LogP contribution in [0.1, 0.15) is 27.8 Å². The predicted octanol–water partition coefficient (Wildman–Crippen LogP) is 5.78. The zero-order chi connectivity index (χ0) is 19.7. The van der Waals surface area contributed by atoms with Gasteiger partial charge in [0.2, 0.25) is 10.0 Å². The van der Waals surface area contributed by atoms with Crippen molar-refractivity contribution >= 4 is 51.1 Å². The van der Waals surface area contributed by atoms with Gasteiger partial charge in [-0.25, -0.2) is 8.42 Å². The monoisotopic (exact) mass is 407 g/mol. The van der Waals surface area contributed by atoms with Gasteiger partial charge in [0.05, 0.1) is 6.26 Å². The van der Waals surface area contributed by atoms with Crippen LogP contribution in [0, 0.1) is 0 Å². The quantitative estimate of drug-likeness (QED) is 0.467. The number of sulfonamides is 1. The van der Waals surface area contributed by atoms with Crippen LogP contribution < -0.4 is 4.72 Å². The highest BCUT2D eigenvalue weighted by molar-refractivity contribution is 7.92. The number of rotatable bonds is 3. The first-order valence-electron chi connectivity index (χ1n) is 8.77. The summed E-state index contributed by atoms with van der Waals surface area (Å²) in [5, 5.41) is 0.694. The van der Waals surface area contributed by atoms with Crippen LogP contribution in [0.15, 0.2) is 66.7 Å². The van der Waals surface area contributed by atoms with Gasteiger partial charge in [-0.3, -0.25) is 4.72 Å². The van der Waals surface area contributed by atoms with Crippen molar-refractivity contribution in [1.29, 1.82) is 0 Å². The summed E-state index contributed by atoms with van der Waals surface area (Å²) in [7, 11) is -3.33. The number of hydrogen-bond donors (Lipinski definition) is 1. The summed E-state index contributed by atoms with van der Waals surface area (Å²) in [6.45, 7) is 0. The highest BCUT2D eigenvalue weighted by Crippen LogP contribution is 2.37. The third-order valence-electron chi connectivity index (χ3n) is 4.52. The van der Waals surface area contributed by atoms with Gasteiger partial charge in [-0.1, -0.05) is 72.3 Å². The van der Waals surface area contributed by atoms with Gasteiger partial charge in [0, 0.05) is 16.3 Å². The van der Waals surface area contributed by atoms with E-state index in [1.54, 1.807) is 6.07 Å². The van der Waals surface area contributed by atoms with E-state index < -0.39 is 10.0 Å². The summed E-state index contributed by atoms with van der Waals surface area (Å²) in [6, 6.07) is 21.4. The van der Waals surface area contributed by atoms with Crippen molar-refractivity contribution in [3.8, 4) is 0 Å². The number of halogens is 1. The number of anilines is 1. The average molecular weight is 408 g/mol. The molecule has 3 aromatic carbocycles. The van der Waals surface area contributed by atoms with E-state index in [2.05, 4.69) is 35.1 Å². The Morgan fingerprint density at radius 1 is 0.893 bits per heavy atom. The Labute approximate surface area is 170 Å². The van der Waals surface area contributed by atoms with E-state index in [4.69, 9.17) is 11.6 Å². The van der Waals surface area contributed by atoms with E-state index in [9.17, 15) is 8.42 Å². The largest absolute Gasteiger partial charge is 0.284 e. The molecule has 0 aliphatic heterocycles.